The lowest BCUT2D eigenvalue weighted by Gasteiger charge is -2.19. The number of aromatic carboxylic acids is 3. The van der Waals surface area contributed by atoms with E-state index in [1.807, 2.05) is 218 Å². The summed E-state index contributed by atoms with van der Waals surface area (Å²) in [5, 5.41) is 33.2. The van der Waals surface area contributed by atoms with Crippen LogP contribution in [0.3, 0.4) is 0 Å². The molecule has 0 saturated carbocycles. The van der Waals surface area contributed by atoms with Gasteiger partial charge in [-0.2, -0.15) is 0 Å². The molecule has 0 aromatic heterocycles. The van der Waals surface area contributed by atoms with Crippen LogP contribution in [-0.2, 0) is 34.5 Å². The molecule has 10 rings (SSSR count). The van der Waals surface area contributed by atoms with E-state index in [4.69, 9.17) is 0 Å². The van der Waals surface area contributed by atoms with E-state index in [1.165, 1.54) is 70.6 Å². The zero-order valence-electron chi connectivity index (χ0n) is 43.8. The minimum atomic E-state index is -1.01. The van der Waals surface area contributed by atoms with Crippen LogP contribution >= 0.6 is 70.6 Å². The Labute approximate surface area is 498 Å². The minimum absolute atomic E-state index is 0.242. The highest BCUT2D eigenvalue weighted by Gasteiger charge is 2.25. The predicted octanol–water partition coefficient (Wildman–Crippen LogP) is 19.5. The van der Waals surface area contributed by atoms with E-state index in [2.05, 4.69) is 18.2 Å². The first-order valence-electron chi connectivity index (χ1n) is 26.0. The lowest BCUT2D eigenvalue weighted by atomic mass is 9.92. The number of benzene rings is 10. The van der Waals surface area contributed by atoms with Gasteiger partial charge in [0.1, 0.15) is 0 Å². The third-order valence-electron chi connectivity index (χ3n) is 13.2. The summed E-state index contributed by atoms with van der Waals surface area (Å²) in [6.45, 7) is 0. The molecule has 0 amide bonds. The molecule has 12 heteroatoms. The zero-order chi connectivity index (χ0) is 55.9. The molecule has 0 radical (unpaired) electrons. The van der Waals surface area contributed by atoms with Crippen LogP contribution in [0, 0.1) is 0 Å². The average Bonchev–Trinajstić information content (AvgIpc) is 3.61. The number of carbonyl (C=O) groups is 3. The Hall–Kier alpha value is -7.29. The van der Waals surface area contributed by atoms with Crippen LogP contribution in [0.5, 0.6) is 0 Å². The first kappa shape index (κ1) is 57.0. The molecule has 0 fully saturated rings. The third-order valence-corrected chi connectivity index (χ3v) is 19.9. The van der Waals surface area contributed by atoms with Crippen LogP contribution in [0.4, 0.5) is 0 Å². The van der Waals surface area contributed by atoms with Gasteiger partial charge >= 0.3 is 17.9 Å². The number of thioether (sulfide) groups is 6. The van der Waals surface area contributed by atoms with Crippen molar-refractivity contribution in [3.8, 4) is 33.4 Å². The normalized spacial score (nSPS) is 11.1. The van der Waals surface area contributed by atoms with Gasteiger partial charge in [-0.3, -0.25) is 0 Å². The highest BCUT2D eigenvalue weighted by atomic mass is 32.2. The van der Waals surface area contributed by atoms with E-state index in [1.54, 1.807) is 0 Å². The van der Waals surface area contributed by atoms with Gasteiger partial charge in [-0.15, -0.1) is 70.6 Å². The van der Waals surface area contributed by atoms with E-state index in [0.29, 0.717) is 63.9 Å². The van der Waals surface area contributed by atoms with Crippen molar-refractivity contribution in [2.75, 3.05) is 0 Å². The Morgan fingerprint density at radius 2 is 0.383 bits per heavy atom. The molecule has 0 heterocycles. The molecule has 6 nitrogen and oxygen atoms in total. The fourth-order valence-corrected chi connectivity index (χ4v) is 15.7. The Bertz CT molecular complexity index is 3190. The first-order valence-corrected chi connectivity index (χ1v) is 31.9. The largest absolute Gasteiger partial charge is 0.478 e. The van der Waals surface area contributed by atoms with Crippen molar-refractivity contribution in [3.63, 3.8) is 0 Å². The minimum Gasteiger partial charge on any atom is -0.478 e. The smallest absolute Gasteiger partial charge is 0.337 e. The Morgan fingerprint density at radius 3 is 0.531 bits per heavy atom. The number of carboxylic acid groups (broad SMARTS) is 3. The highest BCUT2D eigenvalue weighted by Crippen LogP contribution is 2.46. The number of hydrogen-bond acceptors (Lipinski definition) is 9. The molecule has 402 valence electrons. The Morgan fingerprint density at radius 1 is 0.235 bits per heavy atom. The van der Waals surface area contributed by atoms with Gasteiger partial charge in [-0.25, -0.2) is 14.4 Å². The van der Waals surface area contributed by atoms with Gasteiger partial charge in [0.2, 0.25) is 0 Å². The van der Waals surface area contributed by atoms with Crippen LogP contribution in [0.15, 0.2) is 266 Å². The molecule has 0 aliphatic heterocycles. The molecular weight excluding hydrogens is 1120 g/mol. The molecule has 10 aromatic carbocycles. The van der Waals surface area contributed by atoms with Crippen LogP contribution in [0.25, 0.3) is 33.4 Å². The SMILES string of the molecule is O=C(O)c1c(SCc2ccccc2)cc(-c2cc(-c3cc(SCc4ccccc4)c(C(=O)O)c(SCc4ccccc4)c3)cc(-c3cc(SCc4ccccc4)c(C(=O)O)c(SCc4ccccc4)c3)c2)cc1SCc1ccccc1. The average molecular weight is 1170 g/mol. The van der Waals surface area contributed by atoms with Gasteiger partial charge in [0, 0.05) is 63.9 Å². The quantitative estimate of drug-likeness (QED) is 0.0501. The van der Waals surface area contributed by atoms with Gasteiger partial charge in [0.15, 0.2) is 0 Å². The van der Waals surface area contributed by atoms with E-state index in [-0.39, 0.29) is 16.7 Å². The second-order valence-electron chi connectivity index (χ2n) is 18.9. The van der Waals surface area contributed by atoms with Gasteiger partial charge in [0.25, 0.3) is 0 Å². The van der Waals surface area contributed by atoms with Crippen LogP contribution in [0.1, 0.15) is 64.5 Å². The molecule has 81 heavy (non-hydrogen) atoms. The summed E-state index contributed by atoms with van der Waals surface area (Å²) in [7, 11) is 0. The standard InChI is InChI=1S/C69H54O6S6/c70-67(71)64-58(76-40-46-19-7-1-8-20-46)34-55(35-59(64)77-41-47-21-9-2-10-22-47)52-31-53(56-36-60(78-42-48-23-11-3-12-24-48)65(68(72)73)61(37-56)79-43-49-25-13-4-14-26-49)33-54(32-52)57-38-62(80-44-50-27-15-5-16-28-50)66(69(74)75)63(39-57)81-45-51-29-17-6-18-30-51/h1-39H,40-45H2,(H,70,71)(H,72,73)(H,74,75). The van der Waals surface area contributed by atoms with E-state index in [0.717, 1.165) is 66.8 Å². The fraction of sp³-hybridized carbons (Fsp3) is 0.0870. The van der Waals surface area contributed by atoms with Crippen molar-refractivity contribution in [1.82, 2.24) is 0 Å². The summed E-state index contributed by atoms with van der Waals surface area (Å²) in [6, 6.07) is 78.4. The first-order chi connectivity index (χ1) is 39.6. The third kappa shape index (κ3) is 15.2. The van der Waals surface area contributed by atoms with Crippen molar-refractivity contribution in [1.29, 1.82) is 0 Å². The second kappa shape index (κ2) is 27.9. The summed E-state index contributed by atoms with van der Waals surface area (Å²) in [6.07, 6.45) is 0. The topological polar surface area (TPSA) is 112 Å². The summed E-state index contributed by atoms with van der Waals surface area (Å²) in [5.41, 5.74) is 11.9. The number of hydrogen-bond donors (Lipinski definition) is 3. The number of rotatable bonds is 24. The number of carboxylic acids is 3. The molecule has 3 N–H and O–H groups in total. The molecule has 0 atom stereocenters. The van der Waals surface area contributed by atoms with Gasteiger partial charge in [-0.05, 0) is 121 Å². The molecule has 0 saturated heterocycles. The predicted molar refractivity (Wildman–Crippen MR) is 340 cm³/mol. The lowest BCUT2D eigenvalue weighted by Crippen LogP contribution is -2.04. The lowest BCUT2D eigenvalue weighted by molar-refractivity contribution is 0.0678. The van der Waals surface area contributed by atoms with Gasteiger partial charge < -0.3 is 15.3 Å². The Balaban J connectivity index is 1.20. The maximum Gasteiger partial charge on any atom is 0.337 e. The van der Waals surface area contributed by atoms with E-state index in [9.17, 15) is 29.7 Å². The Kier molecular flexibility index (Phi) is 19.6. The zero-order valence-corrected chi connectivity index (χ0v) is 48.7. The van der Waals surface area contributed by atoms with E-state index >= 15 is 0 Å². The van der Waals surface area contributed by atoms with Crippen molar-refractivity contribution < 1.29 is 29.7 Å². The maximum atomic E-state index is 13.5. The van der Waals surface area contributed by atoms with Crippen molar-refractivity contribution >= 4 is 88.5 Å². The summed E-state index contributed by atoms with van der Waals surface area (Å²) >= 11 is 8.93. The fourth-order valence-electron chi connectivity index (χ4n) is 9.12. The molecule has 0 bridgehead atoms. The van der Waals surface area contributed by atoms with Crippen molar-refractivity contribution in [2.45, 2.75) is 63.9 Å². The van der Waals surface area contributed by atoms with Crippen molar-refractivity contribution in [2.24, 2.45) is 0 Å². The second-order valence-corrected chi connectivity index (χ2v) is 25.0. The van der Waals surface area contributed by atoms with Crippen LogP contribution < -0.4 is 0 Å². The molecule has 0 spiro atoms. The van der Waals surface area contributed by atoms with E-state index < -0.39 is 17.9 Å². The summed E-state index contributed by atoms with van der Waals surface area (Å²) < 4.78 is 0. The van der Waals surface area contributed by atoms with Gasteiger partial charge in [-0.1, -0.05) is 182 Å². The molecular formula is C69H54O6S6. The van der Waals surface area contributed by atoms with Gasteiger partial charge in [0.05, 0.1) is 16.7 Å². The van der Waals surface area contributed by atoms with Crippen LogP contribution in [-0.4, -0.2) is 33.2 Å². The maximum absolute atomic E-state index is 13.5. The molecule has 0 aliphatic rings. The van der Waals surface area contributed by atoms with Crippen LogP contribution in [0.2, 0.25) is 0 Å². The molecule has 0 aliphatic carbocycles. The summed E-state index contributed by atoms with van der Waals surface area (Å²) in [4.78, 5) is 44.3. The monoisotopic (exact) mass is 1170 g/mol. The molecule has 10 aromatic rings. The molecule has 0 unspecified atom stereocenters. The summed E-state index contributed by atoms with van der Waals surface area (Å²) in [5.74, 6) is 0.237. The van der Waals surface area contributed by atoms with Crippen molar-refractivity contribution in [3.05, 3.63) is 287 Å². The highest BCUT2D eigenvalue weighted by molar-refractivity contribution is 8.00.